The lowest BCUT2D eigenvalue weighted by atomic mass is 9.84. The molecule has 0 radical (unpaired) electrons. The Balaban J connectivity index is 1.92. The molecule has 2 aromatic rings. The van der Waals surface area contributed by atoms with Gasteiger partial charge in [-0.2, -0.15) is 0 Å². The molecule has 1 fully saturated rings. The Morgan fingerprint density at radius 1 is 1.10 bits per heavy atom. The van der Waals surface area contributed by atoms with Gasteiger partial charge in [-0.3, -0.25) is 4.79 Å². The summed E-state index contributed by atoms with van der Waals surface area (Å²) in [5, 5.41) is 0. The minimum absolute atomic E-state index is 0.0113. The number of carbonyl (C=O) groups excluding carboxylic acids is 1. The summed E-state index contributed by atoms with van der Waals surface area (Å²) >= 11 is 1.67. The van der Waals surface area contributed by atoms with Crippen LogP contribution in [0.3, 0.4) is 0 Å². The number of methoxy groups -OCH3 is 1. The first-order chi connectivity index (χ1) is 14.4. The number of Topliss-reactive ketones (excluding diaryl/α,β-unsaturated/α-hetero) is 1. The molecule has 1 aliphatic rings. The summed E-state index contributed by atoms with van der Waals surface area (Å²) < 4.78 is 5.29. The van der Waals surface area contributed by atoms with Gasteiger partial charge in [-0.05, 0) is 53.5 Å². The van der Waals surface area contributed by atoms with Crippen molar-refractivity contribution in [3.05, 3.63) is 81.1 Å². The van der Waals surface area contributed by atoms with Crippen molar-refractivity contribution in [1.82, 2.24) is 0 Å². The van der Waals surface area contributed by atoms with Crippen LogP contribution in [0.15, 0.2) is 64.4 Å². The highest BCUT2D eigenvalue weighted by Gasteiger charge is 2.35. The summed E-state index contributed by atoms with van der Waals surface area (Å²) in [7, 11) is 1.69. The Morgan fingerprint density at radius 2 is 1.77 bits per heavy atom. The third-order valence-corrected chi connectivity index (χ3v) is 7.10. The summed E-state index contributed by atoms with van der Waals surface area (Å²) in [4.78, 5) is 15.3. The molecule has 3 heteroatoms. The van der Waals surface area contributed by atoms with Crippen LogP contribution >= 0.6 is 11.8 Å². The van der Waals surface area contributed by atoms with E-state index in [4.69, 9.17) is 4.74 Å². The Morgan fingerprint density at radius 3 is 2.37 bits per heavy atom. The minimum Gasteiger partial charge on any atom is -0.497 e. The highest BCUT2D eigenvalue weighted by molar-refractivity contribution is 8.07. The van der Waals surface area contributed by atoms with Gasteiger partial charge >= 0.3 is 0 Å². The number of hydrogen-bond acceptors (Lipinski definition) is 3. The molecule has 0 aliphatic carbocycles. The molecule has 0 saturated carbocycles. The average molecular weight is 421 g/mol. The van der Waals surface area contributed by atoms with Crippen molar-refractivity contribution < 1.29 is 9.53 Å². The van der Waals surface area contributed by atoms with Gasteiger partial charge in [0.15, 0.2) is 5.78 Å². The fourth-order valence-electron chi connectivity index (χ4n) is 3.93. The number of ether oxygens (including phenoxy) is 1. The molecule has 1 heterocycles. The highest BCUT2D eigenvalue weighted by Crippen LogP contribution is 2.46. The highest BCUT2D eigenvalue weighted by atomic mass is 32.2. The van der Waals surface area contributed by atoms with E-state index < -0.39 is 0 Å². The first-order valence-electron chi connectivity index (χ1n) is 10.8. The number of rotatable bonds is 6. The largest absolute Gasteiger partial charge is 0.497 e. The summed E-state index contributed by atoms with van der Waals surface area (Å²) in [6.07, 6.45) is 6.53. The Kier molecular flexibility index (Phi) is 7.60. The van der Waals surface area contributed by atoms with Crippen molar-refractivity contribution in [2.45, 2.75) is 46.5 Å². The maximum atomic E-state index is 13.1. The molecule has 158 valence electrons. The first kappa shape index (κ1) is 22.4. The predicted molar refractivity (Wildman–Crippen MR) is 129 cm³/mol. The van der Waals surface area contributed by atoms with Gasteiger partial charge in [-0.25, -0.2) is 0 Å². The fourth-order valence-corrected chi connectivity index (χ4v) is 5.41. The number of carbonyl (C=O) groups is 1. The molecular weight excluding hydrogens is 388 g/mol. The average Bonchev–Trinajstić information content (AvgIpc) is 2.76. The summed E-state index contributed by atoms with van der Waals surface area (Å²) in [5.41, 5.74) is 3.57. The van der Waals surface area contributed by atoms with E-state index in [1.807, 2.05) is 12.1 Å². The van der Waals surface area contributed by atoms with E-state index in [1.54, 1.807) is 18.9 Å². The lowest BCUT2D eigenvalue weighted by molar-refractivity contribution is -0.119. The lowest BCUT2D eigenvalue weighted by Gasteiger charge is -2.32. The number of allylic oxidation sites excluding steroid dienone is 3. The van der Waals surface area contributed by atoms with E-state index in [1.165, 1.54) is 16.0 Å². The van der Waals surface area contributed by atoms with Crippen molar-refractivity contribution in [2.75, 3.05) is 7.11 Å². The van der Waals surface area contributed by atoms with Crippen LogP contribution in [0.2, 0.25) is 0 Å². The van der Waals surface area contributed by atoms with Crippen LogP contribution in [-0.2, 0) is 4.79 Å². The molecule has 0 bridgehead atoms. The molecule has 2 aromatic carbocycles. The van der Waals surface area contributed by atoms with E-state index >= 15 is 0 Å². The molecule has 2 nitrogen and oxygen atoms in total. The molecule has 3 unspecified atom stereocenters. The van der Waals surface area contributed by atoms with E-state index in [2.05, 4.69) is 76.2 Å². The second kappa shape index (κ2) is 10.2. The minimum atomic E-state index is 0.0113. The normalized spacial score (nSPS) is 23.0. The molecule has 30 heavy (non-hydrogen) atoms. The van der Waals surface area contributed by atoms with E-state index in [9.17, 15) is 4.79 Å². The quantitative estimate of drug-likeness (QED) is 0.455. The number of benzene rings is 2. The molecule has 3 rings (SSSR count). The van der Waals surface area contributed by atoms with Crippen LogP contribution in [0.5, 0.6) is 5.75 Å². The summed E-state index contributed by atoms with van der Waals surface area (Å²) in [6.45, 7) is 8.60. The summed E-state index contributed by atoms with van der Waals surface area (Å²) in [5.74, 6) is 1.73. The van der Waals surface area contributed by atoms with Gasteiger partial charge in [-0.15, -0.1) is 0 Å². The van der Waals surface area contributed by atoms with Crippen molar-refractivity contribution in [3.63, 3.8) is 0 Å². The number of thioether (sulfide) groups is 1. The van der Waals surface area contributed by atoms with Crippen LogP contribution in [0.25, 0.3) is 6.08 Å². The maximum absolute atomic E-state index is 13.1. The topological polar surface area (TPSA) is 26.3 Å². The smallest absolute Gasteiger partial charge is 0.172 e. The van der Waals surface area contributed by atoms with Crippen LogP contribution in [0.4, 0.5) is 0 Å². The van der Waals surface area contributed by atoms with E-state index in [0.717, 1.165) is 29.1 Å². The predicted octanol–water partition coefficient (Wildman–Crippen LogP) is 7.40. The van der Waals surface area contributed by atoms with Crippen molar-refractivity contribution >= 4 is 23.6 Å². The molecule has 0 N–H and O–H groups in total. The third-order valence-electron chi connectivity index (χ3n) is 5.88. The van der Waals surface area contributed by atoms with Gasteiger partial charge in [-0.1, -0.05) is 87.0 Å². The van der Waals surface area contributed by atoms with Crippen molar-refractivity contribution in [1.29, 1.82) is 0 Å². The Labute approximate surface area is 185 Å². The summed E-state index contributed by atoms with van der Waals surface area (Å²) in [6, 6.07) is 16.6. The standard InChI is InChI=1S/C27H32O2S/c1-6-7-24-20(4)27(28)26(17-21-10-8-18(2)9-11-21)30-25(24)16-19(3)22-12-14-23(29-5)15-13-22/h8-17,19-20,24H,6-7H2,1-5H3. The fraction of sp³-hybridized carbons (Fsp3) is 0.370. The Hall–Kier alpha value is -2.26. The third kappa shape index (κ3) is 5.26. The Bertz CT molecular complexity index is 922. The zero-order chi connectivity index (χ0) is 21.7. The molecule has 0 aromatic heterocycles. The molecular formula is C27H32O2S. The van der Waals surface area contributed by atoms with Crippen LogP contribution in [0.1, 0.15) is 56.2 Å². The zero-order valence-electron chi connectivity index (χ0n) is 18.6. The number of aryl methyl sites for hydroxylation is 1. The molecule has 0 spiro atoms. The van der Waals surface area contributed by atoms with E-state index in [0.29, 0.717) is 5.92 Å². The van der Waals surface area contributed by atoms with Gasteiger partial charge in [0.25, 0.3) is 0 Å². The lowest BCUT2D eigenvalue weighted by Crippen LogP contribution is -2.27. The first-order valence-corrected chi connectivity index (χ1v) is 11.6. The van der Waals surface area contributed by atoms with Crippen LogP contribution < -0.4 is 4.74 Å². The second-order valence-electron chi connectivity index (χ2n) is 8.20. The van der Waals surface area contributed by atoms with Gasteiger partial charge in [0.1, 0.15) is 5.75 Å². The van der Waals surface area contributed by atoms with Gasteiger partial charge in [0.2, 0.25) is 0 Å². The van der Waals surface area contributed by atoms with E-state index in [-0.39, 0.29) is 17.6 Å². The molecule has 1 aliphatic heterocycles. The van der Waals surface area contributed by atoms with Crippen molar-refractivity contribution in [2.24, 2.45) is 11.8 Å². The maximum Gasteiger partial charge on any atom is 0.172 e. The van der Waals surface area contributed by atoms with Crippen LogP contribution in [-0.4, -0.2) is 12.9 Å². The van der Waals surface area contributed by atoms with Gasteiger partial charge in [0.05, 0.1) is 12.0 Å². The van der Waals surface area contributed by atoms with Gasteiger partial charge in [0, 0.05) is 11.8 Å². The molecule has 3 atom stereocenters. The monoisotopic (exact) mass is 420 g/mol. The molecule has 0 amide bonds. The number of ketones is 1. The second-order valence-corrected chi connectivity index (χ2v) is 9.32. The zero-order valence-corrected chi connectivity index (χ0v) is 19.5. The van der Waals surface area contributed by atoms with Crippen LogP contribution in [0, 0.1) is 18.8 Å². The molecule has 1 saturated heterocycles. The van der Waals surface area contributed by atoms with Crippen molar-refractivity contribution in [3.8, 4) is 5.75 Å². The SMILES string of the molecule is CCCC1C(=CC(C)c2ccc(OC)cc2)SC(=Cc2ccc(C)cc2)C(=O)C1C. The number of hydrogen-bond donors (Lipinski definition) is 0. The van der Waals surface area contributed by atoms with Gasteiger partial charge < -0.3 is 4.74 Å².